The van der Waals surface area contributed by atoms with E-state index in [2.05, 4.69) is 209 Å². The van der Waals surface area contributed by atoms with Gasteiger partial charge in [0.1, 0.15) is 11.2 Å². The number of fused-ring (bicyclic) bond motifs is 13. The summed E-state index contributed by atoms with van der Waals surface area (Å²) in [6.07, 6.45) is 0. The number of rotatable bonds is 5. The Labute approximate surface area is 392 Å². The minimum Gasteiger partial charge on any atom is -0.455 e. The number of nitrogens with zero attached hydrogens (tertiary/aromatic N) is 5. The van der Waals surface area contributed by atoms with Crippen molar-refractivity contribution in [2.24, 2.45) is 0 Å². The second-order valence-corrected chi connectivity index (χ2v) is 18.6. The van der Waals surface area contributed by atoms with Crippen molar-refractivity contribution in [2.75, 3.05) is 0 Å². The Morgan fingerprint density at radius 2 is 0.956 bits per heavy atom. The summed E-state index contributed by atoms with van der Waals surface area (Å²) in [7, 11) is 0. The van der Waals surface area contributed by atoms with Crippen molar-refractivity contribution in [1.82, 2.24) is 24.1 Å². The molecule has 15 aromatic rings. The van der Waals surface area contributed by atoms with E-state index in [4.69, 9.17) is 19.4 Å². The first-order chi connectivity index (χ1) is 33.7. The van der Waals surface area contributed by atoms with Gasteiger partial charge in [0, 0.05) is 63.9 Å². The van der Waals surface area contributed by atoms with Gasteiger partial charge in [0.05, 0.1) is 38.7 Å². The Bertz CT molecular complexity index is 4580. The van der Waals surface area contributed by atoms with Gasteiger partial charge in [-0.3, -0.25) is 0 Å². The number of hydrogen-bond donors (Lipinski definition) is 0. The first kappa shape index (κ1) is 37.3. The minimum atomic E-state index is 0.539. The Kier molecular flexibility index (Phi) is 7.85. The van der Waals surface area contributed by atoms with Crippen LogP contribution >= 0.6 is 11.3 Å². The van der Waals surface area contributed by atoms with Crippen LogP contribution in [0.1, 0.15) is 0 Å². The van der Waals surface area contributed by atoms with Crippen molar-refractivity contribution in [3.8, 4) is 45.5 Å². The molecule has 0 saturated heterocycles. The lowest BCUT2D eigenvalue weighted by atomic mass is 10.0. The van der Waals surface area contributed by atoms with Gasteiger partial charge in [0.15, 0.2) is 17.5 Å². The molecule has 68 heavy (non-hydrogen) atoms. The molecule has 316 valence electrons. The summed E-state index contributed by atoms with van der Waals surface area (Å²) in [4.78, 5) is 16.1. The minimum absolute atomic E-state index is 0.539. The smallest absolute Gasteiger partial charge is 0.167 e. The number of benzene rings is 10. The van der Waals surface area contributed by atoms with E-state index in [1.807, 2.05) is 12.1 Å². The third kappa shape index (κ3) is 5.48. The van der Waals surface area contributed by atoms with Crippen LogP contribution in [-0.4, -0.2) is 24.1 Å². The van der Waals surface area contributed by atoms with E-state index < -0.39 is 0 Å². The van der Waals surface area contributed by atoms with Crippen molar-refractivity contribution in [1.29, 1.82) is 0 Å². The highest BCUT2D eigenvalue weighted by molar-refractivity contribution is 7.25. The van der Waals surface area contributed by atoms with E-state index in [0.29, 0.717) is 17.5 Å². The Hall–Kier alpha value is -8.91. The van der Waals surface area contributed by atoms with Gasteiger partial charge in [-0.25, -0.2) is 15.0 Å². The van der Waals surface area contributed by atoms with Crippen LogP contribution in [0.25, 0.3) is 142 Å². The van der Waals surface area contributed by atoms with Gasteiger partial charge in [0.2, 0.25) is 0 Å². The molecule has 5 heterocycles. The highest BCUT2D eigenvalue weighted by Gasteiger charge is 2.24. The van der Waals surface area contributed by atoms with Crippen LogP contribution in [0.4, 0.5) is 0 Å². The number of thiophene rings is 1. The van der Waals surface area contributed by atoms with Crippen LogP contribution in [0.5, 0.6) is 0 Å². The molecular weight excluding hydrogens is 851 g/mol. The molecule has 0 bridgehead atoms. The predicted octanol–water partition coefficient (Wildman–Crippen LogP) is 16.5. The molecule has 0 atom stereocenters. The topological polar surface area (TPSA) is 61.7 Å². The molecule has 0 aliphatic heterocycles. The van der Waals surface area contributed by atoms with E-state index in [9.17, 15) is 0 Å². The van der Waals surface area contributed by atoms with E-state index in [1.165, 1.54) is 41.7 Å². The largest absolute Gasteiger partial charge is 0.455 e. The van der Waals surface area contributed by atoms with E-state index >= 15 is 0 Å². The highest BCUT2D eigenvalue weighted by Crippen LogP contribution is 2.44. The second-order valence-electron chi connectivity index (χ2n) is 17.5. The molecule has 5 aromatic heterocycles. The normalized spacial score (nSPS) is 12.1. The molecular formula is C61H35N5OS. The van der Waals surface area contributed by atoms with E-state index in [1.54, 1.807) is 11.3 Å². The maximum absolute atomic E-state index is 6.99. The monoisotopic (exact) mass is 885 g/mol. The third-order valence-corrected chi connectivity index (χ3v) is 14.9. The fourth-order valence-corrected chi connectivity index (χ4v) is 11.8. The van der Waals surface area contributed by atoms with Gasteiger partial charge in [-0.1, -0.05) is 127 Å². The Morgan fingerprint density at radius 3 is 1.76 bits per heavy atom. The van der Waals surface area contributed by atoms with Crippen LogP contribution in [0, 0.1) is 0 Å². The standard InChI is InChI=1S/C61H35N5OS/c1-2-16-40(17-3-1)65-49-22-10-6-18-41(49)47-33-38(27-30-51(47)65)59-62-60(39-26-28-44-43-20-9-13-25-55(43)68-56(44)35-39)64-61(63-59)46-29-31-52(57-45-21-8-12-24-54(45)67-58(46)57)66-50-23-11-7-19-42(50)48-32-36-14-4-5-15-37(36)34-53(48)66/h1-35H. The van der Waals surface area contributed by atoms with Gasteiger partial charge in [-0.05, 0) is 95.7 Å². The van der Waals surface area contributed by atoms with Gasteiger partial charge in [-0.15, -0.1) is 11.3 Å². The lowest BCUT2D eigenvalue weighted by molar-refractivity contribution is 0.669. The predicted molar refractivity (Wildman–Crippen MR) is 282 cm³/mol. The molecule has 7 heteroatoms. The van der Waals surface area contributed by atoms with Crippen molar-refractivity contribution in [2.45, 2.75) is 0 Å². The summed E-state index contributed by atoms with van der Waals surface area (Å²) in [6, 6.07) is 75.5. The molecule has 6 nitrogen and oxygen atoms in total. The average Bonchev–Trinajstić information content (AvgIpc) is 4.15. The van der Waals surface area contributed by atoms with Crippen molar-refractivity contribution in [3.05, 3.63) is 212 Å². The first-order valence-electron chi connectivity index (χ1n) is 22.8. The van der Waals surface area contributed by atoms with Crippen molar-refractivity contribution in [3.63, 3.8) is 0 Å². The average molecular weight is 886 g/mol. The van der Waals surface area contributed by atoms with Crippen LogP contribution in [-0.2, 0) is 0 Å². The summed E-state index contributed by atoms with van der Waals surface area (Å²) in [5.74, 6) is 1.72. The lowest BCUT2D eigenvalue weighted by Crippen LogP contribution is -2.01. The number of para-hydroxylation sites is 4. The molecule has 0 N–H and O–H groups in total. The molecule has 0 aliphatic rings. The molecule has 0 saturated carbocycles. The lowest BCUT2D eigenvalue weighted by Gasteiger charge is -2.13. The summed E-state index contributed by atoms with van der Waals surface area (Å²) in [6.45, 7) is 0. The van der Waals surface area contributed by atoms with Crippen molar-refractivity contribution < 1.29 is 4.42 Å². The van der Waals surface area contributed by atoms with Gasteiger partial charge >= 0.3 is 0 Å². The number of aromatic nitrogens is 5. The summed E-state index contributed by atoms with van der Waals surface area (Å²) in [5, 5.41) is 11.6. The van der Waals surface area contributed by atoms with Gasteiger partial charge < -0.3 is 13.6 Å². The van der Waals surface area contributed by atoms with E-state index in [0.717, 1.165) is 82.8 Å². The molecule has 0 fully saturated rings. The van der Waals surface area contributed by atoms with Crippen LogP contribution in [0.15, 0.2) is 217 Å². The van der Waals surface area contributed by atoms with Gasteiger partial charge in [-0.2, -0.15) is 0 Å². The SMILES string of the molecule is c1ccc(-n2c3ccccc3c3cc(-c4nc(-c5ccc6c(c5)sc5ccccc56)nc(-c5ccc(-n6c7ccccc7c7cc8ccccc8cc76)c6c5oc5ccccc56)n4)ccc32)cc1. The fraction of sp³-hybridized carbons (Fsp3) is 0. The zero-order valence-corrected chi connectivity index (χ0v) is 37.1. The van der Waals surface area contributed by atoms with Crippen LogP contribution in [0.3, 0.4) is 0 Å². The maximum Gasteiger partial charge on any atom is 0.167 e. The zero-order valence-electron chi connectivity index (χ0n) is 36.3. The fourth-order valence-electron chi connectivity index (χ4n) is 10.7. The molecule has 0 amide bonds. The third-order valence-electron chi connectivity index (χ3n) is 13.7. The van der Waals surface area contributed by atoms with E-state index in [-0.39, 0.29) is 0 Å². The molecule has 15 rings (SSSR count). The molecule has 0 aliphatic carbocycles. The molecule has 10 aromatic carbocycles. The molecule has 0 unspecified atom stereocenters. The summed E-state index contributed by atoms with van der Waals surface area (Å²) >= 11 is 1.79. The maximum atomic E-state index is 6.99. The van der Waals surface area contributed by atoms with Crippen LogP contribution < -0.4 is 0 Å². The molecule has 0 spiro atoms. The number of hydrogen-bond acceptors (Lipinski definition) is 5. The van der Waals surface area contributed by atoms with Crippen LogP contribution in [0.2, 0.25) is 0 Å². The van der Waals surface area contributed by atoms with Gasteiger partial charge in [0.25, 0.3) is 0 Å². The first-order valence-corrected chi connectivity index (χ1v) is 23.7. The molecule has 0 radical (unpaired) electrons. The summed E-state index contributed by atoms with van der Waals surface area (Å²) < 4.78 is 14.2. The second kappa shape index (κ2) is 14.3. The Balaban J connectivity index is 0.992. The highest BCUT2D eigenvalue weighted by atomic mass is 32.1. The van der Waals surface area contributed by atoms with Crippen molar-refractivity contribution >= 4 is 108 Å². The Morgan fingerprint density at radius 1 is 0.368 bits per heavy atom. The summed E-state index contributed by atoms with van der Waals surface area (Å²) in [5.41, 5.74) is 10.8. The quantitative estimate of drug-likeness (QED) is 0.173. The number of furan rings is 1. The zero-order chi connectivity index (χ0) is 44.5.